The van der Waals surface area contributed by atoms with Crippen LogP contribution >= 0.6 is 11.3 Å². The van der Waals surface area contributed by atoms with Crippen LogP contribution in [0.5, 0.6) is 0 Å². The second kappa shape index (κ2) is 4.78. The van der Waals surface area contributed by atoms with Gasteiger partial charge in [-0.15, -0.1) is 11.3 Å². The van der Waals surface area contributed by atoms with E-state index in [1.165, 1.54) is 12.8 Å². The Bertz CT molecular complexity index is 561. The van der Waals surface area contributed by atoms with Crippen molar-refractivity contribution in [1.29, 1.82) is 0 Å². The lowest BCUT2D eigenvalue weighted by Crippen LogP contribution is -2.15. The van der Waals surface area contributed by atoms with Gasteiger partial charge in [0, 0.05) is 23.5 Å². The van der Waals surface area contributed by atoms with Crippen molar-refractivity contribution >= 4 is 11.3 Å². The van der Waals surface area contributed by atoms with E-state index in [1.54, 1.807) is 30.4 Å². The minimum absolute atomic E-state index is 0.166. The van der Waals surface area contributed by atoms with Crippen molar-refractivity contribution in [2.24, 2.45) is 0 Å². The molecular weight excluding hydrogens is 247 g/mol. The number of rotatable bonds is 4. The molecule has 0 unspecified atom stereocenters. The van der Waals surface area contributed by atoms with E-state index in [9.17, 15) is 4.39 Å². The Morgan fingerprint density at radius 2 is 2.28 bits per heavy atom. The number of benzene rings is 1. The van der Waals surface area contributed by atoms with Crippen LogP contribution in [0, 0.1) is 12.7 Å². The fourth-order valence-electron chi connectivity index (χ4n) is 1.78. The van der Waals surface area contributed by atoms with Gasteiger partial charge in [0.25, 0.3) is 0 Å². The largest absolute Gasteiger partial charge is 0.308 e. The zero-order chi connectivity index (χ0) is 12.5. The van der Waals surface area contributed by atoms with Gasteiger partial charge in [-0.25, -0.2) is 9.37 Å². The summed E-state index contributed by atoms with van der Waals surface area (Å²) >= 11 is 1.57. The molecule has 0 atom stereocenters. The number of hydrogen-bond donors (Lipinski definition) is 1. The predicted octanol–water partition coefficient (Wildman–Crippen LogP) is 3.51. The molecule has 0 saturated heterocycles. The molecule has 1 aromatic heterocycles. The summed E-state index contributed by atoms with van der Waals surface area (Å²) in [7, 11) is 0. The lowest BCUT2D eigenvalue weighted by atomic mass is 10.1. The number of nitrogens with zero attached hydrogens (tertiary/aromatic N) is 1. The van der Waals surface area contributed by atoms with E-state index in [4.69, 9.17) is 0 Å². The van der Waals surface area contributed by atoms with Gasteiger partial charge in [0.05, 0.1) is 5.69 Å². The lowest BCUT2D eigenvalue weighted by molar-refractivity contribution is 0.619. The van der Waals surface area contributed by atoms with Crippen molar-refractivity contribution in [1.82, 2.24) is 10.3 Å². The van der Waals surface area contributed by atoms with Gasteiger partial charge in [-0.05, 0) is 31.4 Å². The summed E-state index contributed by atoms with van der Waals surface area (Å²) < 4.78 is 13.5. The van der Waals surface area contributed by atoms with Gasteiger partial charge in [-0.1, -0.05) is 12.1 Å². The van der Waals surface area contributed by atoms with Crippen molar-refractivity contribution < 1.29 is 4.39 Å². The van der Waals surface area contributed by atoms with Crippen molar-refractivity contribution in [2.75, 3.05) is 0 Å². The molecule has 18 heavy (non-hydrogen) atoms. The third-order valence-electron chi connectivity index (χ3n) is 3.12. The Morgan fingerprint density at radius 3 is 3.00 bits per heavy atom. The molecule has 2 aromatic rings. The first-order valence-corrected chi connectivity index (χ1v) is 7.04. The second-order valence-corrected chi connectivity index (χ2v) is 5.62. The molecule has 1 saturated carbocycles. The molecule has 1 heterocycles. The lowest BCUT2D eigenvalue weighted by Gasteiger charge is -2.00. The SMILES string of the molecule is Cc1ccc(-c2nc(CNC3CC3)cs2)cc1F. The number of aryl methyl sites for hydroxylation is 1. The standard InChI is InChI=1S/C14H15FN2S/c1-9-2-3-10(6-13(9)15)14-17-12(8-18-14)7-16-11-4-5-11/h2-3,6,8,11,16H,4-5,7H2,1H3. The second-order valence-electron chi connectivity index (χ2n) is 4.76. The zero-order valence-electron chi connectivity index (χ0n) is 10.2. The summed E-state index contributed by atoms with van der Waals surface area (Å²) in [5.41, 5.74) is 2.58. The van der Waals surface area contributed by atoms with E-state index in [0.29, 0.717) is 11.6 Å². The van der Waals surface area contributed by atoms with Gasteiger partial charge in [-0.3, -0.25) is 0 Å². The van der Waals surface area contributed by atoms with Gasteiger partial charge in [0.1, 0.15) is 10.8 Å². The molecule has 0 radical (unpaired) electrons. The van der Waals surface area contributed by atoms with Gasteiger partial charge in [0.2, 0.25) is 0 Å². The Morgan fingerprint density at radius 1 is 1.44 bits per heavy atom. The minimum Gasteiger partial charge on any atom is -0.308 e. The van der Waals surface area contributed by atoms with Crippen LogP contribution in [0.3, 0.4) is 0 Å². The maximum absolute atomic E-state index is 13.5. The van der Waals surface area contributed by atoms with E-state index in [2.05, 4.69) is 10.3 Å². The first-order valence-electron chi connectivity index (χ1n) is 6.17. The molecule has 94 valence electrons. The van der Waals surface area contributed by atoms with E-state index in [-0.39, 0.29) is 5.82 Å². The van der Waals surface area contributed by atoms with Crippen LogP contribution in [0.25, 0.3) is 10.6 Å². The molecule has 0 bridgehead atoms. The van der Waals surface area contributed by atoms with E-state index in [1.807, 2.05) is 11.4 Å². The van der Waals surface area contributed by atoms with E-state index < -0.39 is 0 Å². The zero-order valence-corrected chi connectivity index (χ0v) is 11.1. The van der Waals surface area contributed by atoms with Crippen LogP contribution in [-0.2, 0) is 6.54 Å². The number of thiazole rings is 1. The smallest absolute Gasteiger partial charge is 0.126 e. The Labute approximate surface area is 110 Å². The summed E-state index contributed by atoms with van der Waals surface area (Å²) in [5, 5.41) is 6.36. The molecule has 4 heteroatoms. The predicted molar refractivity (Wildman–Crippen MR) is 72.1 cm³/mol. The number of nitrogens with one attached hydrogen (secondary N) is 1. The normalized spacial score (nSPS) is 15.0. The highest BCUT2D eigenvalue weighted by Gasteiger charge is 2.20. The topological polar surface area (TPSA) is 24.9 Å². The third kappa shape index (κ3) is 2.60. The quantitative estimate of drug-likeness (QED) is 0.912. The molecule has 1 aliphatic rings. The highest BCUT2D eigenvalue weighted by atomic mass is 32.1. The van der Waals surface area contributed by atoms with Crippen molar-refractivity contribution in [3.63, 3.8) is 0 Å². The van der Waals surface area contributed by atoms with Crippen LogP contribution in [0.2, 0.25) is 0 Å². The Balaban J connectivity index is 1.76. The highest BCUT2D eigenvalue weighted by Crippen LogP contribution is 2.26. The molecule has 1 aromatic carbocycles. The maximum Gasteiger partial charge on any atom is 0.126 e. The van der Waals surface area contributed by atoms with Gasteiger partial charge in [-0.2, -0.15) is 0 Å². The van der Waals surface area contributed by atoms with Crippen LogP contribution in [-0.4, -0.2) is 11.0 Å². The Kier molecular flexibility index (Phi) is 3.14. The van der Waals surface area contributed by atoms with Crippen molar-refractivity contribution in [2.45, 2.75) is 32.4 Å². The first-order chi connectivity index (χ1) is 8.72. The number of aromatic nitrogens is 1. The summed E-state index contributed by atoms with van der Waals surface area (Å²) in [6, 6.07) is 5.97. The maximum atomic E-state index is 13.5. The molecule has 1 N–H and O–H groups in total. The van der Waals surface area contributed by atoms with Gasteiger partial charge in [0.15, 0.2) is 0 Å². The summed E-state index contributed by atoms with van der Waals surface area (Å²) in [4.78, 5) is 4.54. The summed E-state index contributed by atoms with van der Waals surface area (Å²) in [6.45, 7) is 2.58. The van der Waals surface area contributed by atoms with Crippen LogP contribution in [0.1, 0.15) is 24.1 Å². The highest BCUT2D eigenvalue weighted by molar-refractivity contribution is 7.13. The fraction of sp³-hybridized carbons (Fsp3) is 0.357. The van der Waals surface area contributed by atoms with Crippen LogP contribution in [0.15, 0.2) is 23.6 Å². The minimum atomic E-state index is -0.166. The van der Waals surface area contributed by atoms with Crippen molar-refractivity contribution in [3.8, 4) is 10.6 Å². The Hall–Kier alpha value is -1.26. The van der Waals surface area contributed by atoms with Crippen LogP contribution in [0.4, 0.5) is 4.39 Å². The van der Waals surface area contributed by atoms with Crippen LogP contribution < -0.4 is 5.32 Å². The van der Waals surface area contributed by atoms with Gasteiger partial charge >= 0.3 is 0 Å². The number of halogens is 1. The molecular formula is C14H15FN2S. The fourth-order valence-corrected chi connectivity index (χ4v) is 2.60. The average Bonchev–Trinajstić information content (AvgIpc) is 3.08. The third-order valence-corrected chi connectivity index (χ3v) is 4.06. The molecule has 1 aliphatic carbocycles. The molecule has 1 fully saturated rings. The summed E-state index contributed by atoms with van der Waals surface area (Å²) in [5.74, 6) is -0.166. The molecule has 0 amide bonds. The van der Waals surface area contributed by atoms with Crippen molar-refractivity contribution in [3.05, 3.63) is 40.7 Å². The average molecular weight is 262 g/mol. The molecule has 0 aliphatic heterocycles. The van der Waals surface area contributed by atoms with E-state index >= 15 is 0 Å². The number of hydrogen-bond acceptors (Lipinski definition) is 3. The molecule has 0 spiro atoms. The van der Waals surface area contributed by atoms with E-state index in [0.717, 1.165) is 22.8 Å². The molecule has 2 nitrogen and oxygen atoms in total. The summed E-state index contributed by atoms with van der Waals surface area (Å²) in [6.07, 6.45) is 2.56. The first kappa shape index (κ1) is 11.8. The monoisotopic (exact) mass is 262 g/mol. The van der Waals surface area contributed by atoms with Gasteiger partial charge < -0.3 is 5.32 Å². The molecule has 3 rings (SSSR count).